The molecule has 0 fully saturated rings. The second-order valence-corrected chi connectivity index (χ2v) is 3.92. The summed E-state index contributed by atoms with van der Waals surface area (Å²) in [6.45, 7) is 1.84. The number of carbonyl (C=O) groups is 1. The van der Waals surface area contributed by atoms with Crippen molar-refractivity contribution in [3.05, 3.63) is 39.7 Å². The van der Waals surface area contributed by atoms with Crippen molar-refractivity contribution in [2.24, 2.45) is 0 Å². The third-order valence-electron chi connectivity index (χ3n) is 1.71. The van der Waals surface area contributed by atoms with Crippen molar-refractivity contribution in [1.29, 1.82) is 0 Å². The molecule has 0 radical (unpaired) electrons. The van der Waals surface area contributed by atoms with Crippen LogP contribution in [0.1, 0.15) is 20.9 Å². The molecule has 0 aliphatic rings. The second kappa shape index (κ2) is 3.55. The Morgan fingerprint density at radius 3 is 2.93 bits per heavy atom. The summed E-state index contributed by atoms with van der Waals surface area (Å²) in [4.78, 5) is 12.3. The lowest BCUT2D eigenvalue weighted by molar-refractivity contribution is 0.104. The number of aryl methyl sites for hydroxylation is 1. The normalized spacial score (nSPS) is 10.4. The van der Waals surface area contributed by atoms with E-state index in [0.717, 1.165) is 17.2 Å². The molecule has 2 rings (SSSR count). The maximum atomic E-state index is 11.8. The third kappa shape index (κ3) is 1.58. The van der Waals surface area contributed by atoms with Crippen LogP contribution in [0.4, 0.5) is 0 Å². The van der Waals surface area contributed by atoms with E-state index in [1.54, 1.807) is 12.1 Å². The Kier molecular flexibility index (Phi) is 2.39. The maximum absolute atomic E-state index is 11.8. The van der Waals surface area contributed by atoms with Gasteiger partial charge in [0.1, 0.15) is 0 Å². The highest BCUT2D eigenvalue weighted by Gasteiger charge is 2.17. The number of hydrogen-bond donors (Lipinski definition) is 0. The Hall–Kier alpha value is -1.13. The SMILES string of the molecule is Cc1cc(C(=O)c2ccoc2Cl)sn1. The minimum absolute atomic E-state index is 0.126. The molecule has 5 heteroatoms. The van der Waals surface area contributed by atoms with Crippen LogP contribution in [0.5, 0.6) is 0 Å². The van der Waals surface area contributed by atoms with Gasteiger partial charge < -0.3 is 4.42 Å². The van der Waals surface area contributed by atoms with Crippen molar-refractivity contribution in [3.8, 4) is 0 Å². The average molecular weight is 228 g/mol. The Balaban J connectivity index is 2.38. The highest BCUT2D eigenvalue weighted by atomic mass is 35.5. The van der Waals surface area contributed by atoms with E-state index >= 15 is 0 Å². The lowest BCUT2D eigenvalue weighted by atomic mass is 10.2. The number of aromatic nitrogens is 1. The third-order valence-corrected chi connectivity index (χ3v) is 2.89. The smallest absolute Gasteiger partial charge is 0.209 e. The summed E-state index contributed by atoms with van der Waals surface area (Å²) in [5.74, 6) is -0.144. The van der Waals surface area contributed by atoms with Gasteiger partial charge in [-0.15, -0.1) is 0 Å². The number of ketones is 1. The summed E-state index contributed by atoms with van der Waals surface area (Å²) >= 11 is 6.85. The number of nitrogens with zero attached hydrogens (tertiary/aromatic N) is 1. The zero-order chi connectivity index (χ0) is 10.1. The predicted octanol–water partition coefficient (Wildman–Crippen LogP) is 2.93. The summed E-state index contributed by atoms with van der Waals surface area (Å²) in [6, 6.07) is 3.29. The minimum atomic E-state index is -0.144. The van der Waals surface area contributed by atoms with Crippen LogP contribution in [0.3, 0.4) is 0 Å². The molecule has 0 aromatic carbocycles. The van der Waals surface area contributed by atoms with Crippen molar-refractivity contribution in [2.75, 3.05) is 0 Å². The quantitative estimate of drug-likeness (QED) is 0.741. The first-order valence-electron chi connectivity index (χ1n) is 3.89. The van der Waals surface area contributed by atoms with Gasteiger partial charge in [-0.25, -0.2) is 0 Å². The molecule has 0 aliphatic heterocycles. The van der Waals surface area contributed by atoms with E-state index in [9.17, 15) is 4.79 Å². The summed E-state index contributed by atoms with van der Waals surface area (Å²) in [6.07, 6.45) is 1.39. The fourth-order valence-electron chi connectivity index (χ4n) is 1.06. The van der Waals surface area contributed by atoms with E-state index in [1.807, 2.05) is 6.92 Å². The Morgan fingerprint density at radius 2 is 2.43 bits per heavy atom. The number of hydrogen-bond acceptors (Lipinski definition) is 4. The molecule has 14 heavy (non-hydrogen) atoms. The van der Waals surface area contributed by atoms with E-state index in [1.165, 1.54) is 6.26 Å². The average Bonchev–Trinajstić information content (AvgIpc) is 2.73. The largest absolute Gasteiger partial charge is 0.452 e. The van der Waals surface area contributed by atoms with Crippen molar-refractivity contribution >= 4 is 28.9 Å². The van der Waals surface area contributed by atoms with Gasteiger partial charge in [-0.05, 0) is 42.2 Å². The first-order chi connectivity index (χ1) is 6.68. The molecule has 2 aromatic heterocycles. The van der Waals surface area contributed by atoms with Crippen LogP contribution < -0.4 is 0 Å². The van der Waals surface area contributed by atoms with E-state index in [0.29, 0.717) is 10.4 Å². The molecule has 0 N–H and O–H groups in total. The summed E-state index contributed by atoms with van der Waals surface area (Å²) in [5, 5.41) is 0.126. The number of furan rings is 1. The molecule has 2 heterocycles. The lowest BCUT2D eigenvalue weighted by Crippen LogP contribution is -1.96. The van der Waals surface area contributed by atoms with Crippen LogP contribution in [0.2, 0.25) is 5.22 Å². The molecule has 0 aliphatic carbocycles. The standard InChI is InChI=1S/C9H6ClNO2S/c1-5-4-7(14-11-5)8(12)6-2-3-13-9(6)10/h2-4H,1H3. The molecule has 72 valence electrons. The van der Waals surface area contributed by atoms with Gasteiger partial charge in [-0.2, -0.15) is 4.37 Å². The molecule has 0 amide bonds. The van der Waals surface area contributed by atoms with Gasteiger partial charge in [0, 0.05) is 0 Å². The molecule has 3 nitrogen and oxygen atoms in total. The molecule has 0 saturated carbocycles. The van der Waals surface area contributed by atoms with Crippen LogP contribution in [0, 0.1) is 6.92 Å². The van der Waals surface area contributed by atoms with E-state index < -0.39 is 0 Å². The second-order valence-electron chi connectivity index (χ2n) is 2.77. The molecular formula is C9H6ClNO2S. The number of rotatable bonds is 2. The van der Waals surface area contributed by atoms with E-state index in [2.05, 4.69) is 4.37 Å². The van der Waals surface area contributed by atoms with Gasteiger partial charge in [-0.1, -0.05) is 0 Å². The van der Waals surface area contributed by atoms with Gasteiger partial charge in [-0.3, -0.25) is 4.79 Å². The van der Waals surface area contributed by atoms with Crippen molar-refractivity contribution in [1.82, 2.24) is 4.37 Å². The first kappa shape index (κ1) is 9.43. The van der Waals surface area contributed by atoms with Gasteiger partial charge >= 0.3 is 0 Å². The number of carbonyl (C=O) groups excluding carboxylic acids is 1. The minimum Gasteiger partial charge on any atom is -0.452 e. The topological polar surface area (TPSA) is 43.1 Å². The van der Waals surface area contributed by atoms with Gasteiger partial charge in [0.2, 0.25) is 11.0 Å². The number of halogens is 1. The highest BCUT2D eigenvalue weighted by molar-refractivity contribution is 7.08. The molecular weight excluding hydrogens is 222 g/mol. The monoisotopic (exact) mass is 227 g/mol. The molecule has 0 saturated heterocycles. The van der Waals surface area contributed by atoms with E-state index in [-0.39, 0.29) is 11.0 Å². The van der Waals surface area contributed by atoms with Gasteiger partial charge in [0.25, 0.3) is 0 Å². The molecule has 0 atom stereocenters. The summed E-state index contributed by atoms with van der Waals surface area (Å²) < 4.78 is 8.87. The first-order valence-corrected chi connectivity index (χ1v) is 5.04. The zero-order valence-corrected chi connectivity index (χ0v) is 8.85. The van der Waals surface area contributed by atoms with Crippen LogP contribution >= 0.6 is 23.1 Å². The van der Waals surface area contributed by atoms with Crippen molar-refractivity contribution in [3.63, 3.8) is 0 Å². The Labute approximate surface area is 89.5 Å². The van der Waals surface area contributed by atoms with Crippen LogP contribution in [-0.4, -0.2) is 10.2 Å². The maximum Gasteiger partial charge on any atom is 0.209 e. The van der Waals surface area contributed by atoms with Crippen molar-refractivity contribution < 1.29 is 9.21 Å². The van der Waals surface area contributed by atoms with Crippen LogP contribution in [-0.2, 0) is 0 Å². The summed E-state index contributed by atoms with van der Waals surface area (Å²) in [5.41, 5.74) is 1.22. The lowest BCUT2D eigenvalue weighted by Gasteiger charge is -1.91. The Morgan fingerprint density at radius 1 is 1.64 bits per heavy atom. The van der Waals surface area contributed by atoms with Crippen LogP contribution in [0.15, 0.2) is 22.8 Å². The predicted molar refractivity (Wildman–Crippen MR) is 54.0 cm³/mol. The Bertz CT molecular complexity index is 475. The highest BCUT2D eigenvalue weighted by Crippen LogP contribution is 2.22. The fraction of sp³-hybridized carbons (Fsp3) is 0.111. The molecule has 0 unspecified atom stereocenters. The zero-order valence-electron chi connectivity index (χ0n) is 7.28. The fourth-order valence-corrected chi connectivity index (χ4v) is 1.97. The van der Waals surface area contributed by atoms with Gasteiger partial charge in [0.15, 0.2) is 0 Å². The summed E-state index contributed by atoms with van der Waals surface area (Å²) in [7, 11) is 0. The van der Waals surface area contributed by atoms with Crippen LogP contribution in [0.25, 0.3) is 0 Å². The molecule has 0 spiro atoms. The van der Waals surface area contributed by atoms with E-state index in [4.69, 9.17) is 16.0 Å². The van der Waals surface area contributed by atoms with Gasteiger partial charge in [0.05, 0.1) is 22.4 Å². The molecule has 0 bridgehead atoms. The van der Waals surface area contributed by atoms with Crippen molar-refractivity contribution in [2.45, 2.75) is 6.92 Å². The molecule has 2 aromatic rings.